The molecule has 0 aromatic heterocycles. The van der Waals surface area contributed by atoms with Crippen molar-refractivity contribution in [3.63, 3.8) is 0 Å². The number of hydrogen-bond donors (Lipinski definition) is 4. The molecule has 66 valence electrons. The van der Waals surface area contributed by atoms with Crippen molar-refractivity contribution >= 4 is 6.29 Å². The highest BCUT2D eigenvalue weighted by atomic mass is 16.4. The van der Waals surface area contributed by atoms with Gasteiger partial charge in [0.15, 0.2) is 12.4 Å². The summed E-state index contributed by atoms with van der Waals surface area (Å²) in [6.07, 6.45) is 0.0984. The summed E-state index contributed by atoms with van der Waals surface area (Å²) in [5, 5.41) is 36.2. The molecule has 0 heterocycles. The van der Waals surface area contributed by atoms with Crippen LogP contribution in [0.4, 0.5) is 0 Å². The van der Waals surface area contributed by atoms with Crippen molar-refractivity contribution in [3.05, 3.63) is 23.7 Å². The minimum atomic E-state index is -2.42. The van der Waals surface area contributed by atoms with Crippen molar-refractivity contribution in [2.75, 3.05) is 0 Å². The fraction of sp³-hybridized carbons (Fsp3) is 0.286. The maximum absolute atomic E-state index is 10.3. The third-order valence-corrected chi connectivity index (χ3v) is 1.70. The van der Waals surface area contributed by atoms with E-state index in [9.17, 15) is 9.90 Å². The summed E-state index contributed by atoms with van der Waals surface area (Å²) in [4.78, 5) is 10.3. The Morgan fingerprint density at radius 3 is 2.42 bits per heavy atom. The summed E-state index contributed by atoms with van der Waals surface area (Å²) < 4.78 is 0. The Kier molecular flexibility index (Phi) is 1.91. The normalized spacial score (nSPS) is 35.3. The maximum atomic E-state index is 10.3. The quantitative estimate of drug-likeness (QED) is 0.387. The summed E-state index contributed by atoms with van der Waals surface area (Å²) in [5.41, 5.74) is -2.42. The van der Waals surface area contributed by atoms with Gasteiger partial charge in [0.05, 0.1) is 0 Å². The first kappa shape index (κ1) is 8.76. The van der Waals surface area contributed by atoms with Crippen LogP contribution in [0.2, 0.25) is 0 Å². The molecule has 0 aliphatic heterocycles. The van der Waals surface area contributed by atoms with Crippen LogP contribution >= 0.6 is 0 Å². The van der Waals surface area contributed by atoms with Crippen molar-refractivity contribution in [3.8, 4) is 0 Å². The van der Waals surface area contributed by atoms with E-state index in [1.54, 1.807) is 0 Å². The van der Waals surface area contributed by atoms with E-state index in [2.05, 4.69) is 0 Å². The van der Waals surface area contributed by atoms with Gasteiger partial charge in [0.1, 0.15) is 11.5 Å². The predicted molar refractivity (Wildman–Crippen MR) is 38.4 cm³/mol. The summed E-state index contributed by atoms with van der Waals surface area (Å²) in [6.45, 7) is 0. The number of carbonyl (C=O) groups excluding carboxylic acids is 1. The van der Waals surface area contributed by atoms with Crippen molar-refractivity contribution in [2.45, 2.75) is 11.7 Å². The first-order chi connectivity index (χ1) is 5.52. The van der Waals surface area contributed by atoms with Crippen molar-refractivity contribution < 1.29 is 25.2 Å². The molecule has 4 N–H and O–H groups in total. The van der Waals surface area contributed by atoms with Crippen molar-refractivity contribution in [1.29, 1.82) is 0 Å². The van der Waals surface area contributed by atoms with Gasteiger partial charge in [-0.3, -0.25) is 4.79 Å². The molecule has 0 aromatic rings. The Bertz CT molecular complexity index is 267. The second-order valence-corrected chi connectivity index (χ2v) is 2.49. The zero-order valence-corrected chi connectivity index (χ0v) is 6.01. The van der Waals surface area contributed by atoms with Crippen LogP contribution in [-0.4, -0.2) is 38.4 Å². The summed E-state index contributed by atoms with van der Waals surface area (Å²) in [7, 11) is 0. The van der Waals surface area contributed by atoms with Gasteiger partial charge in [-0.25, -0.2) is 0 Å². The molecule has 0 bridgehead atoms. The molecule has 0 aromatic carbocycles. The summed E-state index contributed by atoms with van der Waals surface area (Å²) >= 11 is 0. The van der Waals surface area contributed by atoms with Crippen LogP contribution in [0.15, 0.2) is 23.7 Å². The zero-order valence-electron chi connectivity index (χ0n) is 6.01. The molecular weight excluding hydrogens is 164 g/mol. The Balaban J connectivity index is 3.13. The molecule has 0 radical (unpaired) electrons. The first-order valence-electron chi connectivity index (χ1n) is 3.19. The van der Waals surface area contributed by atoms with E-state index >= 15 is 0 Å². The van der Waals surface area contributed by atoms with Crippen LogP contribution in [0, 0.1) is 0 Å². The second-order valence-electron chi connectivity index (χ2n) is 2.49. The Labute approximate surface area is 67.9 Å². The van der Waals surface area contributed by atoms with Crippen LogP contribution in [0.25, 0.3) is 0 Å². The Morgan fingerprint density at radius 2 is 2.00 bits per heavy atom. The van der Waals surface area contributed by atoms with Crippen LogP contribution in [-0.2, 0) is 4.79 Å². The lowest BCUT2D eigenvalue weighted by molar-refractivity contribution is -0.134. The van der Waals surface area contributed by atoms with E-state index in [-0.39, 0.29) is 6.29 Å². The van der Waals surface area contributed by atoms with Crippen LogP contribution in [0.3, 0.4) is 0 Å². The number of hydrogen-bond acceptors (Lipinski definition) is 5. The number of aliphatic hydroxyl groups is 4. The minimum absolute atomic E-state index is 0.0350. The lowest BCUT2D eigenvalue weighted by atomic mass is 9.90. The minimum Gasteiger partial charge on any atom is -0.509 e. The first-order valence-corrected chi connectivity index (χ1v) is 3.19. The Morgan fingerprint density at radius 1 is 1.42 bits per heavy atom. The van der Waals surface area contributed by atoms with Crippen molar-refractivity contribution in [2.24, 2.45) is 0 Å². The second kappa shape index (κ2) is 2.62. The Hall–Kier alpha value is -1.33. The molecule has 2 atom stereocenters. The van der Waals surface area contributed by atoms with Crippen molar-refractivity contribution in [1.82, 2.24) is 0 Å². The van der Waals surface area contributed by atoms with E-state index in [1.165, 1.54) is 0 Å². The van der Waals surface area contributed by atoms with Gasteiger partial charge < -0.3 is 20.4 Å². The van der Waals surface area contributed by atoms with E-state index in [0.29, 0.717) is 0 Å². The number of allylic oxidation sites excluding steroid dienone is 2. The van der Waals surface area contributed by atoms with Crippen LogP contribution in [0.5, 0.6) is 0 Å². The number of aliphatic hydroxyl groups excluding tert-OH is 3. The topological polar surface area (TPSA) is 98.0 Å². The molecule has 1 aliphatic rings. The molecule has 0 saturated heterocycles. The highest BCUT2D eigenvalue weighted by Gasteiger charge is 2.44. The SMILES string of the molecule is O=CC1(O)C(O)=CC=C(O)C1O. The number of carbonyl (C=O) groups is 1. The largest absolute Gasteiger partial charge is 0.509 e. The smallest absolute Gasteiger partial charge is 0.210 e. The van der Waals surface area contributed by atoms with Gasteiger partial charge in [-0.05, 0) is 12.2 Å². The molecule has 2 unspecified atom stereocenters. The molecule has 0 saturated carbocycles. The van der Waals surface area contributed by atoms with Gasteiger partial charge in [-0.1, -0.05) is 0 Å². The fourth-order valence-corrected chi connectivity index (χ4v) is 0.879. The predicted octanol–water partition coefficient (Wildman–Crippen LogP) is -0.825. The van der Waals surface area contributed by atoms with Gasteiger partial charge in [0.2, 0.25) is 5.60 Å². The fourth-order valence-electron chi connectivity index (χ4n) is 0.879. The molecule has 12 heavy (non-hydrogen) atoms. The molecule has 0 amide bonds. The standard InChI is InChI=1S/C7H8O5/c8-3-7(12)5(10)2-1-4(9)6(7)11/h1-3,6,9-12H. The monoisotopic (exact) mass is 172 g/mol. The van der Waals surface area contributed by atoms with Gasteiger partial charge in [-0.15, -0.1) is 0 Å². The van der Waals surface area contributed by atoms with Gasteiger partial charge in [0, 0.05) is 0 Å². The highest BCUT2D eigenvalue weighted by Crippen LogP contribution is 2.25. The van der Waals surface area contributed by atoms with Gasteiger partial charge in [-0.2, -0.15) is 0 Å². The number of aldehydes is 1. The molecule has 0 spiro atoms. The van der Waals surface area contributed by atoms with E-state index < -0.39 is 23.2 Å². The third kappa shape index (κ3) is 0.992. The molecule has 5 nitrogen and oxygen atoms in total. The summed E-state index contributed by atoms with van der Waals surface area (Å²) in [5.74, 6) is -1.26. The van der Waals surface area contributed by atoms with Crippen LogP contribution in [0.1, 0.15) is 0 Å². The molecular formula is C7H8O5. The van der Waals surface area contributed by atoms with E-state index in [4.69, 9.17) is 15.3 Å². The van der Waals surface area contributed by atoms with E-state index in [0.717, 1.165) is 12.2 Å². The average molecular weight is 172 g/mol. The molecule has 0 fully saturated rings. The highest BCUT2D eigenvalue weighted by molar-refractivity contribution is 5.70. The van der Waals surface area contributed by atoms with Gasteiger partial charge >= 0.3 is 0 Å². The molecule has 1 aliphatic carbocycles. The summed E-state index contributed by atoms with van der Waals surface area (Å²) in [6, 6.07) is 0. The number of rotatable bonds is 1. The molecule has 5 heteroatoms. The average Bonchev–Trinajstić information content (AvgIpc) is 2.08. The lowest BCUT2D eigenvalue weighted by Crippen LogP contribution is -2.48. The zero-order chi connectivity index (χ0) is 9.35. The molecule has 1 rings (SSSR count). The third-order valence-electron chi connectivity index (χ3n) is 1.70. The maximum Gasteiger partial charge on any atom is 0.210 e. The van der Waals surface area contributed by atoms with Gasteiger partial charge in [0.25, 0.3) is 0 Å². The van der Waals surface area contributed by atoms with Crippen LogP contribution < -0.4 is 0 Å². The lowest BCUT2D eigenvalue weighted by Gasteiger charge is -2.28. The van der Waals surface area contributed by atoms with E-state index in [1.807, 2.05) is 0 Å².